The van der Waals surface area contributed by atoms with Crippen LogP contribution in [0.25, 0.3) is 33.4 Å². The van der Waals surface area contributed by atoms with E-state index >= 15 is 0 Å². The first-order valence-electron chi connectivity index (χ1n) is 18.4. The van der Waals surface area contributed by atoms with Crippen molar-refractivity contribution in [3.05, 3.63) is 173 Å². The molecule has 2 aromatic heterocycles. The number of fused-ring (bicyclic) bond motifs is 1. The second kappa shape index (κ2) is 16.3. The minimum absolute atomic E-state index is 0.0819. The molecule has 0 bridgehead atoms. The summed E-state index contributed by atoms with van der Waals surface area (Å²) in [6.07, 6.45) is -5.98. The van der Waals surface area contributed by atoms with Crippen molar-refractivity contribution in [2.45, 2.75) is 24.5 Å². The molecule has 0 unspecified atom stereocenters. The van der Waals surface area contributed by atoms with Gasteiger partial charge in [-0.3, -0.25) is 0 Å². The molecule has 59 heavy (non-hydrogen) atoms. The monoisotopic (exact) mass is 789 g/mol. The number of anilines is 2. The molecule has 8 rings (SSSR count). The van der Waals surface area contributed by atoms with Crippen LogP contribution in [0.2, 0.25) is 0 Å². The van der Waals surface area contributed by atoms with Gasteiger partial charge in [0.1, 0.15) is 24.3 Å². The summed E-state index contributed by atoms with van der Waals surface area (Å²) < 4.78 is 25.5. The average Bonchev–Trinajstić information content (AvgIpc) is 3.58. The molecule has 1 aliphatic heterocycles. The number of phenols is 1. The zero-order valence-electron chi connectivity index (χ0n) is 31.1. The summed E-state index contributed by atoms with van der Waals surface area (Å²) in [5.74, 6) is -2.67. The van der Waals surface area contributed by atoms with Gasteiger partial charge in [-0.1, -0.05) is 84.9 Å². The van der Waals surface area contributed by atoms with E-state index in [2.05, 4.69) is 4.98 Å². The molecule has 3 heterocycles. The molecule has 4 atom stereocenters. The highest BCUT2D eigenvalue weighted by molar-refractivity contribution is 6.02. The van der Waals surface area contributed by atoms with Gasteiger partial charge >= 0.3 is 23.6 Å². The zero-order valence-corrected chi connectivity index (χ0v) is 31.1. The summed E-state index contributed by atoms with van der Waals surface area (Å²) in [6.45, 7) is -0.503. The summed E-state index contributed by atoms with van der Waals surface area (Å²) >= 11 is 0. The van der Waals surface area contributed by atoms with Gasteiger partial charge in [0.25, 0.3) is 0 Å². The minimum atomic E-state index is -1.61. The van der Waals surface area contributed by atoms with Crippen LogP contribution in [0.15, 0.2) is 150 Å². The number of phenolic OH excluding ortho intramolecular Hbond substituents is 1. The number of aromatic nitrogens is 3. The Balaban J connectivity index is 1.33. The van der Waals surface area contributed by atoms with E-state index in [0.29, 0.717) is 28.1 Å². The Morgan fingerprint density at radius 2 is 1.24 bits per heavy atom. The Bertz CT molecular complexity index is 2750. The number of benzene rings is 5. The fourth-order valence-electron chi connectivity index (χ4n) is 6.92. The fraction of sp³-hybridized carbons (Fsp3) is 0.111. The van der Waals surface area contributed by atoms with Crippen molar-refractivity contribution in [2.75, 3.05) is 18.1 Å². The Labute approximate surface area is 336 Å². The topological polar surface area (TPSA) is 208 Å². The van der Waals surface area contributed by atoms with Crippen LogP contribution in [0.1, 0.15) is 37.3 Å². The van der Waals surface area contributed by atoms with E-state index in [4.69, 9.17) is 35.4 Å². The Kier molecular flexibility index (Phi) is 10.5. The summed E-state index contributed by atoms with van der Waals surface area (Å²) in [5.41, 5.74) is 14.2. The van der Waals surface area contributed by atoms with E-state index in [9.17, 15) is 24.3 Å². The molecule has 7 aromatic rings. The van der Waals surface area contributed by atoms with Crippen LogP contribution in [-0.4, -0.2) is 62.5 Å². The second-order valence-electron chi connectivity index (χ2n) is 13.5. The third-order valence-corrected chi connectivity index (χ3v) is 9.72. The number of nitrogens with zero attached hydrogens (tertiary/aromatic N) is 3. The highest BCUT2D eigenvalue weighted by atomic mass is 16.7. The van der Waals surface area contributed by atoms with Crippen molar-refractivity contribution in [1.29, 1.82) is 0 Å². The molecule has 14 nitrogen and oxygen atoms in total. The van der Waals surface area contributed by atoms with Crippen LogP contribution in [0.4, 0.5) is 11.5 Å². The van der Waals surface area contributed by atoms with Gasteiger partial charge in [-0.05, 0) is 60.7 Å². The van der Waals surface area contributed by atoms with Gasteiger partial charge in [-0.15, -0.1) is 0 Å². The highest BCUT2D eigenvalue weighted by Crippen LogP contribution is 2.41. The second-order valence-corrected chi connectivity index (χ2v) is 13.5. The highest BCUT2D eigenvalue weighted by Gasteiger charge is 2.52. The maximum atomic E-state index is 14.3. The van der Waals surface area contributed by atoms with Crippen LogP contribution in [0.3, 0.4) is 0 Å². The molecule has 1 fully saturated rings. The number of ether oxygens (including phenoxy) is 4. The molecular formula is C45H35N5O9. The fourth-order valence-corrected chi connectivity index (χ4v) is 6.92. The Morgan fingerprint density at radius 1 is 0.661 bits per heavy atom. The standard InChI is InChI=1S/C45H35N5O9/c46-30-20-12-19-29(23-30)33-24-32(31-21-10-11-22-34(31)51)36-39(47)49-45(55)50(40(36)48-33)41-38(59-44(54)28-17-8-3-9-18-28)37(58-43(53)27-15-6-2-7-16-27)35(57-41)25-56-42(52)26-13-4-1-5-14-26/h1-24,35,37-38,41,51H,25,46H2,(H2,47,49,55)/t35-,37-,38-,41+/m1/s1. The van der Waals surface area contributed by atoms with Crippen molar-refractivity contribution in [1.82, 2.24) is 14.5 Å². The van der Waals surface area contributed by atoms with Gasteiger partial charge in [-0.2, -0.15) is 4.98 Å². The van der Waals surface area contributed by atoms with E-state index in [0.717, 1.165) is 4.57 Å². The van der Waals surface area contributed by atoms with E-state index in [1.165, 1.54) is 30.3 Å². The first kappa shape index (κ1) is 38.1. The number of rotatable bonds is 10. The molecule has 5 aromatic carbocycles. The van der Waals surface area contributed by atoms with E-state index in [1.54, 1.807) is 115 Å². The van der Waals surface area contributed by atoms with Crippen molar-refractivity contribution < 1.29 is 38.4 Å². The summed E-state index contributed by atoms with van der Waals surface area (Å²) in [7, 11) is 0. The molecule has 1 saturated heterocycles. The first-order chi connectivity index (χ1) is 28.7. The van der Waals surface area contributed by atoms with Crippen LogP contribution in [0, 0.1) is 0 Å². The predicted molar refractivity (Wildman–Crippen MR) is 217 cm³/mol. The van der Waals surface area contributed by atoms with Gasteiger partial charge in [0.05, 0.1) is 27.8 Å². The first-order valence-corrected chi connectivity index (χ1v) is 18.4. The lowest BCUT2D eigenvalue weighted by atomic mass is 9.98. The lowest BCUT2D eigenvalue weighted by Crippen LogP contribution is -2.42. The molecule has 1 aliphatic rings. The van der Waals surface area contributed by atoms with Crippen molar-refractivity contribution in [2.24, 2.45) is 0 Å². The van der Waals surface area contributed by atoms with Gasteiger partial charge in [0.2, 0.25) is 0 Å². The predicted octanol–water partition coefficient (Wildman–Crippen LogP) is 6.20. The molecule has 0 spiro atoms. The quantitative estimate of drug-likeness (QED) is 0.0802. The van der Waals surface area contributed by atoms with E-state index in [1.807, 2.05) is 0 Å². The largest absolute Gasteiger partial charge is 0.507 e. The molecule has 0 amide bonds. The number of nitrogen functional groups attached to an aromatic ring is 2. The average molecular weight is 790 g/mol. The summed E-state index contributed by atoms with van der Waals surface area (Å²) in [5, 5.41) is 11.2. The Hall–Kier alpha value is -7.84. The molecular weight excluding hydrogens is 755 g/mol. The normalized spacial score (nSPS) is 17.3. The van der Waals surface area contributed by atoms with Gasteiger partial charge in [0.15, 0.2) is 24.1 Å². The van der Waals surface area contributed by atoms with Crippen molar-refractivity contribution in [3.63, 3.8) is 0 Å². The van der Waals surface area contributed by atoms with E-state index < -0.39 is 54.7 Å². The summed E-state index contributed by atoms with van der Waals surface area (Å²) in [6, 6.07) is 39.4. The van der Waals surface area contributed by atoms with Crippen molar-refractivity contribution >= 4 is 40.4 Å². The Morgan fingerprint density at radius 3 is 1.85 bits per heavy atom. The smallest absolute Gasteiger partial charge is 0.353 e. The van der Waals surface area contributed by atoms with Crippen LogP contribution < -0.4 is 17.2 Å². The molecule has 294 valence electrons. The molecule has 0 aliphatic carbocycles. The van der Waals surface area contributed by atoms with Gasteiger partial charge in [0, 0.05) is 22.4 Å². The van der Waals surface area contributed by atoms with Gasteiger partial charge in [-0.25, -0.2) is 28.7 Å². The van der Waals surface area contributed by atoms with E-state index in [-0.39, 0.29) is 39.3 Å². The number of pyridine rings is 1. The third-order valence-electron chi connectivity index (χ3n) is 9.72. The lowest BCUT2D eigenvalue weighted by Gasteiger charge is -2.26. The molecule has 0 radical (unpaired) electrons. The SMILES string of the molecule is Nc1cccc(-c2cc(-c3ccccc3O)c3c(N)nc(=O)n([C@H]4O[C@H](COC(=O)c5ccccc5)[C@@H](OC(=O)c5ccccc5)[C@H]4OC(=O)c4ccccc4)c3n2)c1. The maximum absolute atomic E-state index is 14.3. The minimum Gasteiger partial charge on any atom is -0.507 e. The number of carbonyl (C=O) groups excluding carboxylic acids is 3. The van der Waals surface area contributed by atoms with Crippen molar-refractivity contribution in [3.8, 4) is 28.1 Å². The van der Waals surface area contributed by atoms with Crippen LogP contribution in [0.5, 0.6) is 5.75 Å². The molecule has 14 heteroatoms. The van der Waals surface area contributed by atoms with Gasteiger partial charge < -0.3 is 35.5 Å². The van der Waals surface area contributed by atoms with Crippen LogP contribution >= 0.6 is 0 Å². The summed E-state index contributed by atoms with van der Waals surface area (Å²) in [4.78, 5) is 64.3. The number of carbonyl (C=O) groups is 3. The number of para-hydroxylation sites is 1. The molecule has 0 saturated carbocycles. The number of hydrogen-bond acceptors (Lipinski definition) is 13. The number of hydrogen-bond donors (Lipinski definition) is 3. The lowest BCUT2D eigenvalue weighted by molar-refractivity contribution is -0.0622. The third kappa shape index (κ3) is 7.80. The van der Waals surface area contributed by atoms with Crippen LogP contribution in [-0.2, 0) is 18.9 Å². The molecule has 5 N–H and O–H groups in total. The maximum Gasteiger partial charge on any atom is 0.353 e. The number of nitrogens with two attached hydrogens (primary N) is 2. The number of esters is 3. The number of aromatic hydroxyl groups is 1. The zero-order chi connectivity index (χ0) is 41.0.